The van der Waals surface area contributed by atoms with E-state index in [0.717, 1.165) is 39.7 Å². The number of nitrogens with one attached hydrogen (secondary N) is 2. The van der Waals surface area contributed by atoms with Crippen LogP contribution in [0.25, 0.3) is 16.9 Å². The van der Waals surface area contributed by atoms with Crippen LogP contribution in [0.5, 0.6) is 5.75 Å². The number of benzene rings is 2. The third-order valence-electron chi connectivity index (χ3n) is 5.74. The fourth-order valence-electron chi connectivity index (χ4n) is 3.77. The summed E-state index contributed by atoms with van der Waals surface area (Å²) in [6.07, 6.45) is 0. The van der Waals surface area contributed by atoms with Crippen LogP contribution in [0.1, 0.15) is 21.7 Å². The van der Waals surface area contributed by atoms with Gasteiger partial charge in [-0.1, -0.05) is 6.07 Å². The summed E-state index contributed by atoms with van der Waals surface area (Å²) in [5.41, 5.74) is 5.85. The zero-order valence-electron chi connectivity index (χ0n) is 19.7. The lowest BCUT2D eigenvalue weighted by atomic mass is 10.1. The molecule has 9 nitrogen and oxygen atoms in total. The summed E-state index contributed by atoms with van der Waals surface area (Å²) < 4.78 is 8.84. The quantitative estimate of drug-likeness (QED) is 0.374. The summed E-state index contributed by atoms with van der Waals surface area (Å²) in [6, 6.07) is 22.8. The minimum atomic E-state index is -0.158. The molecule has 2 aromatic carbocycles. The zero-order valence-corrected chi connectivity index (χ0v) is 19.7. The van der Waals surface area contributed by atoms with Crippen molar-refractivity contribution in [2.24, 2.45) is 7.05 Å². The number of hydrogen-bond acceptors (Lipinski definition) is 6. The molecule has 5 aromatic rings. The first-order valence-electron chi connectivity index (χ1n) is 11.2. The first kappa shape index (κ1) is 22.1. The van der Waals surface area contributed by atoms with Crippen molar-refractivity contribution in [2.45, 2.75) is 13.5 Å². The Hall–Kier alpha value is -4.66. The fraction of sp³-hybridized carbons (Fsp3) is 0.154. The molecule has 0 unspecified atom stereocenters. The topological polar surface area (TPSA) is 98.4 Å². The van der Waals surface area contributed by atoms with Crippen molar-refractivity contribution in [2.75, 3.05) is 12.4 Å². The molecular formula is C26H25N7O2. The number of aromatic nitrogens is 5. The van der Waals surface area contributed by atoms with Gasteiger partial charge in [-0.05, 0) is 73.7 Å². The Balaban J connectivity index is 1.28. The summed E-state index contributed by atoms with van der Waals surface area (Å²) in [5.74, 6) is 1.11. The minimum Gasteiger partial charge on any atom is -0.497 e. The van der Waals surface area contributed by atoms with E-state index in [0.29, 0.717) is 18.1 Å². The van der Waals surface area contributed by atoms with Crippen LogP contribution in [0.4, 0.5) is 11.6 Å². The molecule has 176 valence electrons. The standard InChI is InChI=1S/C26H25N7O2/c1-17-15-21(30-32(17)2)16-27-25(34)19-7-11-20(12-8-19)28-26-29-24-6-4-5-23(33(24)31-26)18-9-13-22(35-3)14-10-18/h4-15H,16H2,1-3H3,(H,27,34)(H,28,31). The number of amides is 1. The second-order valence-corrected chi connectivity index (χ2v) is 8.13. The number of rotatable bonds is 7. The monoisotopic (exact) mass is 467 g/mol. The van der Waals surface area contributed by atoms with E-state index in [9.17, 15) is 4.79 Å². The fourth-order valence-corrected chi connectivity index (χ4v) is 3.77. The smallest absolute Gasteiger partial charge is 0.251 e. The van der Waals surface area contributed by atoms with Gasteiger partial charge in [0.15, 0.2) is 5.65 Å². The first-order valence-corrected chi connectivity index (χ1v) is 11.2. The number of carbonyl (C=O) groups is 1. The van der Waals surface area contributed by atoms with Gasteiger partial charge in [-0.25, -0.2) is 4.52 Å². The number of fused-ring (bicyclic) bond motifs is 1. The molecule has 0 aliphatic rings. The molecular weight excluding hydrogens is 442 g/mol. The second kappa shape index (κ2) is 9.30. The summed E-state index contributed by atoms with van der Waals surface area (Å²) >= 11 is 0. The first-order chi connectivity index (χ1) is 17.0. The number of ether oxygens (including phenoxy) is 1. The molecule has 0 fully saturated rings. The van der Waals surface area contributed by atoms with Gasteiger partial charge in [0.25, 0.3) is 5.91 Å². The second-order valence-electron chi connectivity index (χ2n) is 8.13. The highest BCUT2D eigenvalue weighted by Crippen LogP contribution is 2.24. The number of nitrogens with zero attached hydrogens (tertiary/aromatic N) is 5. The van der Waals surface area contributed by atoms with Crippen LogP contribution in [-0.4, -0.2) is 37.4 Å². The van der Waals surface area contributed by atoms with Crippen LogP contribution in [0.15, 0.2) is 72.8 Å². The number of carbonyl (C=O) groups excluding carboxylic acids is 1. The van der Waals surface area contributed by atoms with Crippen molar-refractivity contribution in [1.82, 2.24) is 29.7 Å². The Morgan fingerprint density at radius 3 is 2.46 bits per heavy atom. The minimum absolute atomic E-state index is 0.158. The van der Waals surface area contributed by atoms with Gasteiger partial charge in [0.1, 0.15) is 5.75 Å². The lowest BCUT2D eigenvalue weighted by Crippen LogP contribution is -2.23. The highest BCUT2D eigenvalue weighted by Gasteiger charge is 2.11. The predicted molar refractivity (Wildman–Crippen MR) is 134 cm³/mol. The highest BCUT2D eigenvalue weighted by molar-refractivity contribution is 5.94. The van der Waals surface area contributed by atoms with E-state index in [1.165, 1.54) is 0 Å². The van der Waals surface area contributed by atoms with E-state index >= 15 is 0 Å². The number of hydrogen-bond donors (Lipinski definition) is 2. The molecule has 0 saturated heterocycles. The van der Waals surface area contributed by atoms with E-state index in [1.54, 1.807) is 28.4 Å². The number of pyridine rings is 1. The van der Waals surface area contributed by atoms with Crippen molar-refractivity contribution < 1.29 is 9.53 Å². The van der Waals surface area contributed by atoms with Crippen LogP contribution >= 0.6 is 0 Å². The molecule has 2 N–H and O–H groups in total. The number of aryl methyl sites for hydroxylation is 2. The SMILES string of the molecule is COc1ccc(-c2cccc3nc(Nc4ccc(C(=O)NCc5cc(C)n(C)n5)cc4)nn23)cc1. The molecule has 0 bridgehead atoms. The molecule has 3 heterocycles. The molecule has 5 rings (SSSR count). The van der Waals surface area contributed by atoms with Crippen molar-refractivity contribution in [3.8, 4) is 17.0 Å². The third kappa shape index (κ3) is 4.70. The van der Waals surface area contributed by atoms with Crippen molar-refractivity contribution >= 4 is 23.2 Å². The maximum absolute atomic E-state index is 12.5. The van der Waals surface area contributed by atoms with Crippen LogP contribution < -0.4 is 15.4 Å². The van der Waals surface area contributed by atoms with E-state index in [-0.39, 0.29) is 5.91 Å². The Labute approximate surface area is 202 Å². The predicted octanol–water partition coefficient (Wildman–Crippen LogP) is 4.12. The molecule has 0 aliphatic heterocycles. The van der Waals surface area contributed by atoms with Crippen molar-refractivity contribution in [1.29, 1.82) is 0 Å². The van der Waals surface area contributed by atoms with E-state index < -0.39 is 0 Å². The average molecular weight is 468 g/mol. The van der Waals surface area contributed by atoms with Crippen LogP contribution in [0.2, 0.25) is 0 Å². The van der Waals surface area contributed by atoms with Gasteiger partial charge in [-0.2, -0.15) is 10.1 Å². The van der Waals surface area contributed by atoms with Crippen LogP contribution in [0, 0.1) is 6.92 Å². The van der Waals surface area contributed by atoms with Gasteiger partial charge < -0.3 is 15.4 Å². The Kier molecular flexibility index (Phi) is 5.88. The lowest BCUT2D eigenvalue weighted by Gasteiger charge is -2.06. The Bertz CT molecular complexity index is 1470. The van der Waals surface area contributed by atoms with Gasteiger partial charge in [-0.3, -0.25) is 9.48 Å². The van der Waals surface area contributed by atoms with Gasteiger partial charge in [0, 0.05) is 29.6 Å². The van der Waals surface area contributed by atoms with E-state index in [1.807, 2.05) is 74.6 Å². The molecule has 3 aromatic heterocycles. The average Bonchev–Trinajstić information content (AvgIpc) is 3.44. The normalized spacial score (nSPS) is 10.9. The summed E-state index contributed by atoms with van der Waals surface area (Å²) in [4.78, 5) is 17.1. The summed E-state index contributed by atoms with van der Waals surface area (Å²) in [5, 5.41) is 15.1. The van der Waals surface area contributed by atoms with Gasteiger partial charge in [0.05, 0.1) is 25.0 Å². The van der Waals surface area contributed by atoms with Crippen molar-refractivity contribution in [3.05, 3.63) is 89.7 Å². The Morgan fingerprint density at radius 2 is 1.77 bits per heavy atom. The highest BCUT2D eigenvalue weighted by atomic mass is 16.5. The molecule has 1 amide bonds. The molecule has 0 aliphatic carbocycles. The molecule has 0 spiro atoms. The third-order valence-corrected chi connectivity index (χ3v) is 5.74. The molecule has 0 atom stereocenters. The number of anilines is 2. The maximum Gasteiger partial charge on any atom is 0.251 e. The largest absolute Gasteiger partial charge is 0.497 e. The van der Waals surface area contributed by atoms with Crippen LogP contribution in [0.3, 0.4) is 0 Å². The lowest BCUT2D eigenvalue weighted by molar-refractivity contribution is 0.0950. The molecule has 0 radical (unpaired) electrons. The maximum atomic E-state index is 12.5. The van der Waals surface area contributed by atoms with Gasteiger partial charge in [-0.15, -0.1) is 5.10 Å². The zero-order chi connectivity index (χ0) is 24.4. The summed E-state index contributed by atoms with van der Waals surface area (Å²) in [6.45, 7) is 2.35. The number of methoxy groups -OCH3 is 1. The van der Waals surface area contributed by atoms with Gasteiger partial charge >= 0.3 is 0 Å². The van der Waals surface area contributed by atoms with Crippen LogP contribution in [-0.2, 0) is 13.6 Å². The molecule has 35 heavy (non-hydrogen) atoms. The van der Waals surface area contributed by atoms with E-state index in [2.05, 4.69) is 25.8 Å². The van der Waals surface area contributed by atoms with Crippen molar-refractivity contribution in [3.63, 3.8) is 0 Å². The van der Waals surface area contributed by atoms with Gasteiger partial charge in [0.2, 0.25) is 5.95 Å². The van der Waals surface area contributed by atoms with E-state index in [4.69, 9.17) is 4.74 Å². The molecule has 9 heteroatoms. The summed E-state index contributed by atoms with van der Waals surface area (Å²) in [7, 11) is 3.53. The Morgan fingerprint density at radius 1 is 1.00 bits per heavy atom. The molecule has 0 saturated carbocycles.